The molecule has 19 heavy (non-hydrogen) atoms. The van der Waals surface area contributed by atoms with E-state index in [0.29, 0.717) is 6.42 Å². The number of aryl methyl sites for hydroxylation is 1. The van der Waals surface area contributed by atoms with Gasteiger partial charge in [0.15, 0.2) is 0 Å². The second kappa shape index (κ2) is 6.19. The van der Waals surface area contributed by atoms with E-state index in [1.807, 2.05) is 19.2 Å². The summed E-state index contributed by atoms with van der Waals surface area (Å²) in [4.78, 5) is 24.9. The average Bonchev–Trinajstić information content (AvgIpc) is 2.79. The van der Waals surface area contributed by atoms with Crippen LogP contribution in [0.4, 0.5) is 0 Å². The van der Waals surface area contributed by atoms with Gasteiger partial charge in [-0.2, -0.15) is 0 Å². The average molecular weight is 280 g/mol. The molecule has 2 amide bonds. The van der Waals surface area contributed by atoms with Gasteiger partial charge in [-0.05, 0) is 37.2 Å². The van der Waals surface area contributed by atoms with E-state index in [1.165, 1.54) is 16.9 Å². The van der Waals surface area contributed by atoms with E-state index in [0.717, 1.165) is 24.8 Å². The smallest absolute Gasteiger partial charge is 0.270 e. The number of thiophene rings is 1. The van der Waals surface area contributed by atoms with Gasteiger partial charge in [0.05, 0.1) is 5.56 Å². The molecule has 0 saturated carbocycles. The minimum absolute atomic E-state index is 0.146. The first-order chi connectivity index (χ1) is 9.08. The molecule has 5 heteroatoms. The number of carbonyl (C=O) groups excluding carboxylic acids is 2. The summed E-state index contributed by atoms with van der Waals surface area (Å²) in [5.41, 5.74) is 6.88. The van der Waals surface area contributed by atoms with Gasteiger partial charge >= 0.3 is 0 Å². The molecule has 1 aromatic rings. The maximum atomic E-state index is 12.0. The first-order valence-electron chi connectivity index (χ1n) is 6.76. The van der Waals surface area contributed by atoms with Crippen molar-refractivity contribution < 1.29 is 9.59 Å². The molecule has 0 aromatic carbocycles. The Morgan fingerprint density at radius 2 is 2.00 bits per heavy atom. The zero-order valence-corrected chi connectivity index (χ0v) is 12.2. The van der Waals surface area contributed by atoms with Crippen LogP contribution in [0.25, 0.3) is 0 Å². The van der Waals surface area contributed by atoms with Crippen molar-refractivity contribution in [2.75, 3.05) is 0 Å². The fraction of sp³-hybridized carbons (Fsp3) is 0.571. The highest BCUT2D eigenvalue weighted by atomic mass is 32.1. The molecule has 0 radical (unpaired) electrons. The summed E-state index contributed by atoms with van der Waals surface area (Å²) >= 11 is 1.65. The van der Waals surface area contributed by atoms with Crippen molar-refractivity contribution >= 4 is 23.2 Å². The Balaban J connectivity index is 1.93. The van der Waals surface area contributed by atoms with Crippen LogP contribution in [-0.2, 0) is 17.6 Å². The van der Waals surface area contributed by atoms with Crippen molar-refractivity contribution in [3.05, 3.63) is 21.4 Å². The summed E-state index contributed by atoms with van der Waals surface area (Å²) in [7, 11) is 0. The van der Waals surface area contributed by atoms with E-state index in [1.54, 1.807) is 11.3 Å². The van der Waals surface area contributed by atoms with Crippen molar-refractivity contribution in [3.8, 4) is 0 Å². The molecule has 1 heterocycles. The number of hydrogen-bond donors (Lipinski definition) is 2. The van der Waals surface area contributed by atoms with E-state index >= 15 is 0 Å². The summed E-state index contributed by atoms with van der Waals surface area (Å²) in [5, 5.41) is 1.90. The Kier molecular flexibility index (Phi) is 4.58. The first-order valence-corrected chi connectivity index (χ1v) is 7.64. The Morgan fingerprint density at radius 3 is 2.74 bits per heavy atom. The van der Waals surface area contributed by atoms with E-state index in [2.05, 4.69) is 10.9 Å². The van der Waals surface area contributed by atoms with Gasteiger partial charge in [0.25, 0.3) is 5.91 Å². The van der Waals surface area contributed by atoms with Gasteiger partial charge < -0.3 is 0 Å². The standard InChI is InChI=1S/C14H20N2O2S/c1-9(2)7-13(17)15-16-14(18)11-8-19-12-6-4-3-5-10(11)12/h8-9H,3-7H2,1-2H3,(H,15,17)(H,16,18). The highest BCUT2D eigenvalue weighted by molar-refractivity contribution is 7.10. The third-order valence-corrected chi connectivity index (χ3v) is 4.30. The van der Waals surface area contributed by atoms with Crippen LogP contribution in [0.5, 0.6) is 0 Å². The van der Waals surface area contributed by atoms with Crippen LogP contribution in [0.3, 0.4) is 0 Å². The Labute approximate surface area is 117 Å². The van der Waals surface area contributed by atoms with Gasteiger partial charge in [-0.25, -0.2) is 0 Å². The summed E-state index contributed by atoms with van der Waals surface area (Å²) < 4.78 is 0. The lowest BCUT2D eigenvalue weighted by Gasteiger charge is -2.13. The van der Waals surface area contributed by atoms with Crippen LogP contribution in [-0.4, -0.2) is 11.8 Å². The van der Waals surface area contributed by atoms with Crippen molar-refractivity contribution in [1.29, 1.82) is 0 Å². The van der Waals surface area contributed by atoms with E-state index < -0.39 is 0 Å². The molecule has 2 rings (SSSR count). The molecule has 2 N–H and O–H groups in total. The summed E-state index contributed by atoms with van der Waals surface area (Å²) in [6, 6.07) is 0. The molecule has 0 aliphatic heterocycles. The Bertz CT molecular complexity index is 480. The molecule has 0 unspecified atom stereocenters. The minimum Gasteiger partial charge on any atom is -0.273 e. The topological polar surface area (TPSA) is 58.2 Å². The van der Waals surface area contributed by atoms with Crippen LogP contribution < -0.4 is 10.9 Å². The monoisotopic (exact) mass is 280 g/mol. The second-order valence-electron chi connectivity index (χ2n) is 5.36. The molecular weight excluding hydrogens is 260 g/mol. The lowest BCUT2D eigenvalue weighted by Crippen LogP contribution is -2.42. The highest BCUT2D eigenvalue weighted by Crippen LogP contribution is 2.29. The molecule has 1 aliphatic carbocycles. The van der Waals surface area contributed by atoms with Crippen LogP contribution in [0.1, 0.15) is 53.9 Å². The molecule has 0 bridgehead atoms. The third-order valence-electron chi connectivity index (χ3n) is 3.22. The van der Waals surface area contributed by atoms with E-state index in [4.69, 9.17) is 0 Å². The third kappa shape index (κ3) is 3.56. The number of rotatable bonds is 3. The summed E-state index contributed by atoms with van der Waals surface area (Å²) in [6.07, 6.45) is 4.82. The quantitative estimate of drug-likeness (QED) is 0.835. The minimum atomic E-state index is -0.198. The van der Waals surface area contributed by atoms with Gasteiger partial charge in [-0.3, -0.25) is 20.4 Å². The maximum Gasteiger partial charge on any atom is 0.270 e. The lowest BCUT2D eigenvalue weighted by molar-refractivity contribution is -0.122. The molecule has 104 valence electrons. The van der Waals surface area contributed by atoms with Crippen molar-refractivity contribution in [3.63, 3.8) is 0 Å². The van der Waals surface area contributed by atoms with Crippen molar-refractivity contribution in [2.45, 2.75) is 46.0 Å². The number of carbonyl (C=O) groups is 2. The van der Waals surface area contributed by atoms with Gasteiger partial charge in [0.2, 0.25) is 5.91 Å². The Hall–Kier alpha value is -1.36. The number of nitrogens with one attached hydrogen (secondary N) is 2. The zero-order chi connectivity index (χ0) is 13.8. The van der Waals surface area contributed by atoms with Crippen LogP contribution in [0.15, 0.2) is 5.38 Å². The summed E-state index contributed by atoms with van der Waals surface area (Å²) in [5.74, 6) is -0.0604. The number of amides is 2. The normalized spacial score (nSPS) is 14.1. The maximum absolute atomic E-state index is 12.0. The molecule has 0 saturated heterocycles. The van der Waals surface area contributed by atoms with Crippen LogP contribution >= 0.6 is 11.3 Å². The zero-order valence-electron chi connectivity index (χ0n) is 11.4. The van der Waals surface area contributed by atoms with E-state index in [9.17, 15) is 9.59 Å². The Morgan fingerprint density at radius 1 is 1.26 bits per heavy atom. The molecule has 1 aromatic heterocycles. The molecule has 0 fully saturated rings. The lowest BCUT2D eigenvalue weighted by atomic mass is 9.96. The molecule has 0 spiro atoms. The number of hydrazine groups is 1. The van der Waals surface area contributed by atoms with Gasteiger partial charge in [-0.15, -0.1) is 11.3 Å². The first kappa shape index (κ1) is 14.1. The molecule has 0 atom stereocenters. The fourth-order valence-electron chi connectivity index (χ4n) is 2.30. The molecule has 4 nitrogen and oxygen atoms in total. The van der Waals surface area contributed by atoms with Crippen molar-refractivity contribution in [2.24, 2.45) is 5.92 Å². The second-order valence-corrected chi connectivity index (χ2v) is 6.32. The van der Waals surface area contributed by atoms with Crippen molar-refractivity contribution in [1.82, 2.24) is 10.9 Å². The van der Waals surface area contributed by atoms with Gasteiger partial charge in [0.1, 0.15) is 0 Å². The SMILES string of the molecule is CC(C)CC(=O)NNC(=O)c1csc2c1CCCC2. The predicted molar refractivity (Wildman–Crippen MR) is 76.0 cm³/mol. The summed E-state index contributed by atoms with van der Waals surface area (Å²) in [6.45, 7) is 3.94. The van der Waals surface area contributed by atoms with Gasteiger partial charge in [-0.1, -0.05) is 13.8 Å². The van der Waals surface area contributed by atoms with Gasteiger partial charge in [0, 0.05) is 16.7 Å². The molecular formula is C14H20N2O2S. The largest absolute Gasteiger partial charge is 0.273 e. The fourth-order valence-corrected chi connectivity index (χ4v) is 3.43. The number of fused-ring (bicyclic) bond motifs is 1. The van der Waals surface area contributed by atoms with E-state index in [-0.39, 0.29) is 17.7 Å². The van der Waals surface area contributed by atoms with Crippen LogP contribution in [0, 0.1) is 5.92 Å². The highest BCUT2D eigenvalue weighted by Gasteiger charge is 2.20. The molecule has 1 aliphatic rings. The predicted octanol–water partition coefficient (Wildman–Crippen LogP) is 2.43. The van der Waals surface area contributed by atoms with Crippen LogP contribution in [0.2, 0.25) is 0 Å². The number of hydrogen-bond acceptors (Lipinski definition) is 3.